The summed E-state index contributed by atoms with van der Waals surface area (Å²) in [7, 11) is 2.84. The zero-order valence-corrected chi connectivity index (χ0v) is 33.0. The third kappa shape index (κ3) is 8.34. The van der Waals surface area contributed by atoms with Gasteiger partial charge < -0.3 is 28.4 Å². The molecule has 0 spiro atoms. The average molecular weight is 925 g/mol. The minimum Gasteiger partial charge on any atom is -0.493 e. The number of halogens is 2. The number of thiazole rings is 1. The highest BCUT2D eigenvalue weighted by Gasteiger charge is 2.34. The van der Waals surface area contributed by atoms with Crippen molar-refractivity contribution in [2.24, 2.45) is 4.99 Å². The number of aromatic nitrogens is 1. The molecule has 2 heterocycles. The Balaban J connectivity index is 1.58. The molecule has 0 amide bonds. The van der Waals surface area contributed by atoms with Crippen LogP contribution in [0.5, 0.6) is 23.0 Å². The summed E-state index contributed by atoms with van der Waals surface area (Å²) in [6.07, 6.45) is 1.77. The molecule has 11 nitrogen and oxygen atoms in total. The lowest BCUT2D eigenvalue weighted by atomic mass is 9.95. The van der Waals surface area contributed by atoms with E-state index in [0.717, 1.165) is 18.3 Å². The van der Waals surface area contributed by atoms with E-state index < -0.39 is 18.0 Å². The number of carbonyl (C=O) groups excluding carboxylic acids is 2. The minimum absolute atomic E-state index is 0.141. The summed E-state index contributed by atoms with van der Waals surface area (Å²) in [5.74, 6) is 0.628. The van der Waals surface area contributed by atoms with E-state index in [1.165, 1.54) is 23.0 Å². The molecule has 0 bridgehead atoms. The number of methoxy groups -OCH3 is 2. The van der Waals surface area contributed by atoms with Crippen LogP contribution < -0.4 is 33.8 Å². The molecule has 3 aromatic carbocycles. The molecule has 1 aliphatic rings. The number of allylic oxidation sites excluding steroid dienone is 1. The molecule has 0 saturated heterocycles. The van der Waals surface area contributed by atoms with Crippen LogP contribution >= 0.6 is 56.5 Å². The molecular formula is C36H34I2N2O9S. The lowest BCUT2D eigenvalue weighted by molar-refractivity contribution is -0.143. The molecule has 14 heteroatoms. The Morgan fingerprint density at radius 2 is 1.70 bits per heavy atom. The number of carbonyl (C=O) groups is 2. The van der Waals surface area contributed by atoms with Crippen molar-refractivity contribution in [1.82, 2.24) is 4.57 Å². The summed E-state index contributed by atoms with van der Waals surface area (Å²) >= 11 is 5.67. The molecule has 0 N–H and O–H groups in total. The van der Waals surface area contributed by atoms with Gasteiger partial charge in [0.25, 0.3) is 5.56 Å². The molecule has 4 aromatic rings. The van der Waals surface area contributed by atoms with Crippen molar-refractivity contribution in [3.63, 3.8) is 0 Å². The Bertz CT molecular complexity index is 2120. The van der Waals surface area contributed by atoms with Crippen LogP contribution in [0.15, 0.2) is 75.7 Å². The van der Waals surface area contributed by atoms with Crippen LogP contribution in [0.3, 0.4) is 0 Å². The highest BCUT2D eigenvalue weighted by molar-refractivity contribution is 14.1. The van der Waals surface area contributed by atoms with Crippen LogP contribution in [0, 0.1) is 7.14 Å². The summed E-state index contributed by atoms with van der Waals surface area (Å²) in [6, 6.07) is 16.0. The van der Waals surface area contributed by atoms with Gasteiger partial charge in [-0.05, 0) is 125 Å². The van der Waals surface area contributed by atoms with Crippen LogP contribution in [-0.4, -0.2) is 50.5 Å². The molecule has 1 aliphatic heterocycles. The van der Waals surface area contributed by atoms with Crippen LogP contribution in [0.25, 0.3) is 6.08 Å². The Hall–Kier alpha value is -3.90. The third-order valence-corrected chi connectivity index (χ3v) is 10.0. The smallest absolute Gasteiger partial charge is 0.343 e. The second-order valence-corrected chi connectivity index (χ2v) is 14.2. The van der Waals surface area contributed by atoms with Gasteiger partial charge in [-0.25, -0.2) is 14.6 Å². The van der Waals surface area contributed by atoms with E-state index in [-0.39, 0.29) is 24.3 Å². The van der Waals surface area contributed by atoms with Crippen molar-refractivity contribution >= 4 is 74.5 Å². The number of ether oxygens (including phenoxy) is 6. The predicted octanol–water partition coefficient (Wildman–Crippen LogP) is 5.55. The Morgan fingerprint density at radius 1 is 0.940 bits per heavy atom. The Kier molecular flexibility index (Phi) is 12.6. The van der Waals surface area contributed by atoms with Gasteiger partial charge >= 0.3 is 11.9 Å². The molecule has 0 aliphatic carbocycles. The highest BCUT2D eigenvalue weighted by atomic mass is 127. The molecule has 0 unspecified atom stereocenters. The summed E-state index contributed by atoms with van der Waals surface area (Å²) < 4.78 is 37.3. The van der Waals surface area contributed by atoms with Gasteiger partial charge in [0, 0.05) is 3.57 Å². The summed E-state index contributed by atoms with van der Waals surface area (Å²) in [5, 5.41) is 0. The third-order valence-electron chi connectivity index (χ3n) is 7.52. The zero-order valence-electron chi connectivity index (χ0n) is 27.9. The van der Waals surface area contributed by atoms with Gasteiger partial charge in [0.2, 0.25) is 0 Å². The van der Waals surface area contributed by atoms with Crippen LogP contribution in [0.4, 0.5) is 0 Å². The van der Waals surface area contributed by atoms with Crippen LogP contribution in [0.2, 0.25) is 0 Å². The molecule has 0 radical (unpaired) electrons. The van der Waals surface area contributed by atoms with E-state index >= 15 is 0 Å². The van der Waals surface area contributed by atoms with Crippen molar-refractivity contribution < 1.29 is 38.0 Å². The van der Waals surface area contributed by atoms with E-state index in [0.29, 0.717) is 56.8 Å². The fourth-order valence-corrected chi connectivity index (χ4v) is 7.42. The first-order valence-corrected chi connectivity index (χ1v) is 18.5. The van der Waals surface area contributed by atoms with Crippen molar-refractivity contribution in [3.8, 4) is 23.0 Å². The number of benzene rings is 3. The van der Waals surface area contributed by atoms with Gasteiger partial charge in [0.05, 0.1) is 52.8 Å². The fraction of sp³-hybridized carbons (Fsp3) is 0.278. The topological polar surface area (TPSA) is 124 Å². The normalized spacial score (nSPS) is 14.1. The molecule has 50 heavy (non-hydrogen) atoms. The Labute approximate surface area is 319 Å². The van der Waals surface area contributed by atoms with E-state index in [1.807, 2.05) is 43.3 Å². The van der Waals surface area contributed by atoms with Crippen molar-refractivity contribution in [3.05, 3.63) is 109 Å². The molecule has 0 saturated carbocycles. The van der Waals surface area contributed by atoms with Crippen molar-refractivity contribution in [2.45, 2.75) is 33.4 Å². The monoisotopic (exact) mass is 924 g/mol. The molecule has 1 aromatic heterocycles. The second-order valence-electron chi connectivity index (χ2n) is 10.8. The van der Waals surface area contributed by atoms with Gasteiger partial charge in [-0.1, -0.05) is 29.5 Å². The SMILES string of the molecule is CCOC(=O)C1=C(C)N=c2s/c(=C\c3cc(I)c(OCc4ccc(I)cc4)c(OC)c3)c(=O)n2[C@@H]1c1ccc(OCC(=O)OC)c(OCC)c1. The second kappa shape index (κ2) is 16.9. The van der Waals surface area contributed by atoms with Gasteiger partial charge in [-0.2, -0.15) is 0 Å². The van der Waals surface area contributed by atoms with Crippen LogP contribution in [0.1, 0.15) is 43.5 Å². The number of hydrogen-bond acceptors (Lipinski definition) is 11. The van der Waals surface area contributed by atoms with Crippen molar-refractivity contribution in [2.75, 3.05) is 34.0 Å². The first-order chi connectivity index (χ1) is 24.1. The molecule has 0 fully saturated rings. The highest BCUT2D eigenvalue weighted by Crippen LogP contribution is 2.37. The lowest BCUT2D eigenvalue weighted by Crippen LogP contribution is -2.40. The predicted molar refractivity (Wildman–Crippen MR) is 205 cm³/mol. The lowest BCUT2D eigenvalue weighted by Gasteiger charge is -2.25. The van der Waals surface area contributed by atoms with E-state index in [2.05, 4.69) is 50.2 Å². The van der Waals surface area contributed by atoms with E-state index in [9.17, 15) is 14.4 Å². The standard InChI is InChI=1S/C36H34I2N2O9S/c1-6-46-27-17-23(10-13-26(27)48-19-30(41)45-5)32-31(35(43)47-7-2)20(3)39-36-40(32)34(42)29(50-36)16-22-14-25(38)33(28(15-22)44-4)49-18-21-8-11-24(37)12-9-21/h8-17,32H,6-7,18-19H2,1-5H3/b29-16-/t32-/m1/s1. The first-order valence-electron chi connectivity index (χ1n) is 15.5. The van der Waals surface area contributed by atoms with Crippen molar-refractivity contribution in [1.29, 1.82) is 0 Å². The minimum atomic E-state index is -0.881. The number of rotatable bonds is 13. The largest absolute Gasteiger partial charge is 0.493 e. The number of hydrogen-bond donors (Lipinski definition) is 0. The molecular weight excluding hydrogens is 890 g/mol. The van der Waals surface area contributed by atoms with Gasteiger partial charge in [-0.15, -0.1) is 0 Å². The molecule has 5 rings (SSSR count). The summed E-state index contributed by atoms with van der Waals surface area (Å²) in [4.78, 5) is 44.5. The number of nitrogens with zero attached hydrogens (tertiary/aromatic N) is 2. The quantitative estimate of drug-likeness (QED) is 0.126. The number of fused-ring (bicyclic) bond motifs is 1. The average Bonchev–Trinajstić information content (AvgIpc) is 3.40. The summed E-state index contributed by atoms with van der Waals surface area (Å²) in [5.41, 5.74) is 2.62. The summed E-state index contributed by atoms with van der Waals surface area (Å²) in [6.45, 7) is 5.74. The van der Waals surface area contributed by atoms with Crippen LogP contribution in [-0.2, 0) is 25.7 Å². The maximum atomic E-state index is 14.3. The van der Waals surface area contributed by atoms with E-state index in [4.69, 9.17) is 28.4 Å². The van der Waals surface area contributed by atoms with E-state index in [1.54, 1.807) is 45.2 Å². The molecule has 1 atom stereocenters. The van der Waals surface area contributed by atoms with Gasteiger partial charge in [-0.3, -0.25) is 9.36 Å². The van der Waals surface area contributed by atoms with Gasteiger partial charge in [0.1, 0.15) is 6.61 Å². The first kappa shape index (κ1) is 37.4. The number of esters is 2. The zero-order chi connectivity index (χ0) is 35.9. The maximum Gasteiger partial charge on any atom is 0.343 e. The maximum absolute atomic E-state index is 14.3. The fourth-order valence-electron chi connectivity index (χ4n) is 5.24. The van der Waals surface area contributed by atoms with Gasteiger partial charge in [0.15, 0.2) is 34.4 Å². The molecule has 262 valence electrons. The Morgan fingerprint density at radius 3 is 2.38 bits per heavy atom.